The van der Waals surface area contributed by atoms with Crippen molar-refractivity contribution in [1.82, 2.24) is 0 Å². The molecular formula is C19H17F3N2O2. The van der Waals surface area contributed by atoms with Gasteiger partial charge in [-0.2, -0.15) is 0 Å². The highest BCUT2D eigenvalue weighted by Gasteiger charge is 2.56. The van der Waals surface area contributed by atoms with E-state index in [-0.39, 0.29) is 0 Å². The molecule has 1 fully saturated rings. The Morgan fingerprint density at radius 1 is 0.885 bits per heavy atom. The first-order chi connectivity index (χ1) is 12.2. The molecule has 1 aliphatic carbocycles. The van der Waals surface area contributed by atoms with Crippen LogP contribution in [-0.4, -0.2) is 11.8 Å². The summed E-state index contributed by atoms with van der Waals surface area (Å²) in [6.07, 6.45) is 0.585. The molecule has 4 nitrogen and oxygen atoms in total. The molecule has 0 saturated heterocycles. The molecule has 0 aliphatic heterocycles. The van der Waals surface area contributed by atoms with Crippen molar-refractivity contribution in [2.75, 3.05) is 10.6 Å². The number of anilines is 2. The van der Waals surface area contributed by atoms with Crippen LogP contribution in [0.5, 0.6) is 0 Å². The van der Waals surface area contributed by atoms with Gasteiger partial charge in [0.25, 0.3) is 0 Å². The van der Waals surface area contributed by atoms with Crippen molar-refractivity contribution < 1.29 is 22.8 Å². The van der Waals surface area contributed by atoms with E-state index in [1.807, 2.05) is 19.9 Å². The fraction of sp³-hybridized carbons (Fsp3) is 0.263. The summed E-state index contributed by atoms with van der Waals surface area (Å²) in [4.78, 5) is 25.0. The van der Waals surface area contributed by atoms with Crippen LogP contribution >= 0.6 is 0 Å². The Labute approximate surface area is 148 Å². The molecule has 3 rings (SSSR count). The van der Waals surface area contributed by atoms with Gasteiger partial charge in [0.15, 0.2) is 17.5 Å². The molecule has 0 spiro atoms. The zero-order valence-electron chi connectivity index (χ0n) is 14.3. The smallest absolute Gasteiger partial charge is 0.240 e. The minimum absolute atomic E-state index is 0.292. The molecule has 2 N–H and O–H groups in total. The number of carbonyl (C=O) groups is 2. The van der Waals surface area contributed by atoms with E-state index in [1.165, 1.54) is 0 Å². The van der Waals surface area contributed by atoms with Crippen molar-refractivity contribution in [1.29, 1.82) is 0 Å². The van der Waals surface area contributed by atoms with Gasteiger partial charge in [0, 0.05) is 5.69 Å². The van der Waals surface area contributed by atoms with E-state index in [2.05, 4.69) is 10.6 Å². The third kappa shape index (κ3) is 3.16. The first-order valence-corrected chi connectivity index (χ1v) is 8.08. The van der Waals surface area contributed by atoms with Crippen molar-refractivity contribution in [2.24, 2.45) is 5.41 Å². The second-order valence-electron chi connectivity index (χ2n) is 6.51. The first kappa shape index (κ1) is 18.0. The largest absolute Gasteiger partial charge is 0.325 e. The van der Waals surface area contributed by atoms with Crippen LogP contribution in [0.4, 0.5) is 24.5 Å². The predicted octanol–water partition coefficient (Wildman–Crippen LogP) is 4.08. The normalized spacial score (nSPS) is 14.7. The summed E-state index contributed by atoms with van der Waals surface area (Å²) in [6, 6.07) is 6.99. The quantitative estimate of drug-likeness (QED) is 0.636. The van der Waals surface area contributed by atoms with Gasteiger partial charge in [-0.15, -0.1) is 0 Å². The van der Waals surface area contributed by atoms with Crippen molar-refractivity contribution >= 4 is 23.2 Å². The molecule has 26 heavy (non-hydrogen) atoms. The van der Waals surface area contributed by atoms with Crippen LogP contribution in [0.1, 0.15) is 24.0 Å². The van der Waals surface area contributed by atoms with E-state index < -0.39 is 40.4 Å². The highest BCUT2D eigenvalue weighted by molar-refractivity contribution is 6.16. The van der Waals surface area contributed by atoms with Gasteiger partial charge in [0.2, 0.25) is 11.8 Å². The zero-order chi connectivity index (χ0) is 19.1. The highest BCUT2D eigenvalue weighted by Crippen LogP contribution is 2.47. The summed E-state index contributed by atoms with van der Waals surface area (Å²) in [5.41, 5.74) is 0.766. The van der Waals surface area contributed by atoms with Crippen molar-refractivity contribution in [3.8, 4) is 0 Å². The molecule has 0 aromatic heterocycles. The van der Waals surface area contributed by atoms with E-state index in [1.54, 1.807) is 12.1 Å². The predicted molar refractivity (Wildman–Crippen MR) is 91.2 cm³/mol. The number of hydrogen-bond donors (Lipinski definition) is 2. The van der Waals surface area contributed by atoms with Crippen LogP contribution in [0, 0.1) is 36.7 Å². The van der Waals surface area contributed by atoms with E-state index in [0.29, 0.717) is 24.6 Å². The standard InChI is InChI=1S/C19H17F3N2O2/c1-10-3-4-12(9-11(10)2)23-17(25)19(7-8-19)18(26)24-14-6-5-13(20)15(21)16(14)22/h3-6,9H,7-8H2,1-2H3,(H,23,25)(H,24,26). The number of amides is 2. The summed E-state index contributed by atoms with van der Waals surface area (Å²) >= 11 is 0. The number of halogens is 3. The molecule has 1 saturated carbocycles. The maximum Gasteiger partial charge on any atom is 0.240 e. The van der Waals surface area contributed by atoms with Crippen molar-refractivity contribution in [2.45, 2.75) is 26.7 Å². The van der Waals surface area contributed by atoms with Gasteiger partial charge in [-0.05, 0) is 62.1 Å². The molecule has 2 amide bonds. The molecule has 7 heteroatoms. The Bertz CT molecular complexity index is 908. The van der Waals surface area contributed by atoms with Crippen LogP contribution in [0.15, 0.2) is 30.3 Å². The maximum atomic E-state index is 13.7. The summed E-state index contributed by atoms with van der Waals surface area (Å²) in [5.74, 6) is -5.78. The number of rotatable bonds is 4. The van der Waals surface area contributed by atoms with Crippen molar-refractivity contribution in [3.63, 3.8) is 0 Å². The molecule has 2 aromatic rings. The molecule has 0 atom stereocenters. The van der Waals surface area contributed by atoms with Crippen LogP contribution in [0.25, 0.3) is 0 Å². The molecule has 2 aromatic carbocycles. The van der Waals surface area contributed by atoms with Crippen LogP contribution in [0.2, 0.25) is 0 Å². The molecule has 136 valence electrons. The highest BCUT2D eigenvalue weighted by atomic mass is 19.2. The van der Waals surface area contributed by atoms with Crippen LogP contribution < -0.4 is 10.6 Å². The Morgan fingerprint density at radius 2 is 1.54 bits per heavy atom. The maximum absolute atomic E-state index is 13.7. The second-order valence-corrected chi connectivity index (χ2v) is 6.51. The van der Waals surface area contributed by atoms with Gasteiger partial charge in [-0.3, -0.25) is 9.59 Å². The average molecular weight is 362 g/mol. The third-order valence-electron chi connectivity index (χ3n) is 4.67. The Kier molecular flexibility index (Phi) is 4.48. The SMILES string of the molecule is Cc1ccc(NC(=O)C2(C(=O)Nc3ccc(F)c(F)c3F)CC2)cc1C. The summed E-state index contributed by atoms with van der Waals surface area (Å²) in [5, 5.41) is 4.87. The first-order valence-electron chi connectivity index (χ1n) is 8.08. The zero-order valence-corrected chi connectivity index (χ0v) is 14.3. The van der Waals surface area contributed by atoms with E-state index in [4.69, 9.17) is 0 Å². The third-order valence-corrected chi connectivity index (χ3v) is 4.67. The number of nitrogens with one attached hydrogen (secondary N) is 2. The number of carbonyl (C=O) groups excluding carboxylic acids is 2. The van der Waals surface area contributed by atoms with E-state index >= 15 is 0 Å². The Hall–Kier alpha value is -2.83. The van der Waals surface area contributed by atoms with Gasteiger partial charge in [0.1, 0.15) is 5.41 Å². The van der Waals surface area contributed by atoms with Crippen molar-refractivity contribution in [3.05, 3.63) is 58.9 Å². The van der Waals surface area contributed by atoms with Crippen LogP contribution in [0.3, 0.4) is 0 Å². The van der Waals surface area contributed by atoms with Gasteiger partial charge in [-0.1, -0.05) is 6.07 Å². The fourth-order valence-electron chi connectivity index (χ4n) is 2.62. The lowest BCUT2D eigenvalue weighted by atomic mass is 10.0. The average Bonchev–Trinajstić information content (AvgIpc) is 3.40. The lowest BCUT2D eigenvalue weighted by Gasteiger charge is -2.16. The monoisotopic (exact) mass is 362 g/mol. The topological polar surface area (TPSA) is 58.2 Å². The number of benzene rings is 2. The summed E-state index contributed by atoms with van der Waals surface area (Å²) in [7, 11) is 0. The molecule has 0 heterocycles. The Morgan fingerprint density at radius 3 is 2.15 bits per heavy atom. The lowest BCUT2D eigenvalue weighted by Crippen LogP contribution is -2.36. The molecule has 0 bridgehead atoms. The number of hydrogen-bond acceptors (Lipinski definition) is 2. The molecule has 0 unspecified atom stereocenters. The minimum Gasteiger partial charge on any atom is -0.325 e. The van der Waals surface area contributed by atoms with E-state index in [9.17, 15) is 22.8 Å². The van der Waals surface area contributed by atoms with Gasteiger partial charge in [0.05, 0.1) is 5.69 Å². The van der Waals surface area contributed by atoms with Gasteiger partial charge in [-0.25, -0.2) is 13.2 Å². The van der Waals surface area contributed by atoms with Gasteiger partial charge < -0.3 is 10.6 Å². The second kappa shape index (κ2) is 6.48. The summed E-state index contributed by atoms with van der Waals surface area (Å²) in [6.45, 7) is 3.84. The number of aryl methyl sites for hydroxylation is 2. The van der Waals surface area contributed by atoms with E-state index in [0.717, 1.165) is 17.2 Å². The van der Waals surface area contributed by atoms with Crippen LogP contribution in [-0.2, 0) is 9.59 Å². The molecule has 1 aliphatic rings. The van der Waals surface area contributed by atoms with Gasteiger partial charge >= 0.3 is 0 Å². The summed E-state index contributed by atoms with van der Waals surface area (Å²) < 4.78 is 40.0. The fourth-order valence-corrected chi connectivity index (χ4v) is 2.62. The Balaban J connectivity index is 1.75. The molecular weight excluding hydrogens is 345 g/mol. The minimum atomic E-state index is -1.67. The molecule has 0 radical (unpaired) electrons. The lowest BCUT2D eigenvalue weighted by molar-refractivity contribution is -0.131.